The smallest absolute Gasteiger partial charge is 0.0734 e. The van der Waals surface area contributed by atoms with E-state index < -0.39 is 15.7 Å². The van der Waals surface area contributed by atoms with Crippen LogP contribution in [0.5, 0.6) is 0 Å². The normalized spacial score (nSPS) is 18.6. The van der Waals surface area contributed by atoms with E-state index in [2.05, 4.69) is 143 Å². The molecule has 1 spiro atoms. The number of benzene rings is 6. The Labute approximate surface area is 233 Å². The van der Waals surface area contributed by atoms with Crippen LogP contribution in [0.1, 0.15) is 22.3 Å². The Morgan fingerprint density at radius 3 is 1.79 bits per heavy atom. The highest BCUT2D eigenvalue weighted by molar-refractivity contribution is 9.10. The summed E-state index contributed by atoms with van der Waals surface area (Å²) < 4.78 is 1.12. The van der Waals surface area contributed by atoms with Crippen LogP contribution in [0.3, 0.4) is 0 Å². The van der Waals surface area contributed by atoms with Crippen molar-refractivity contribution in [2.45, 2.75) is 15.2 Å². The molecule has 1 heterocycles. The van der Waals surface area contributed by atoms with E-state index >= 15 is 0 Å². The van der Waals surface area contributed by atoms with Crippen molar-refractivity contribution < 1.29 is 0 Å². The highest BCUT2D eigenvalue weighted by Gasteiger charge is 2.50. The van der Waals surface area contributed by atoms with Crippen LogP contribution in [0.4, 0.5) is 0 Å². The minimum atomic E-state index is -0.928. The SMILES string of the molecule is C#[SH]1c2ccccc2C2(c3ccccc3-c3ccc(-c4ccc(Br)c5ccccc45)cc32)c2ccccc21. The predicted molar refractivity (Wildman–Crippen MR) is 165 cm³/mol. The summed E-state index contributed by atoms with van der Waals surface area (Å²) >= 11 is 3.76. The standard InChI is InChI=1S/C36H23BrS/c1-38-34-16-8-6-14-30(34)36(31-15-7-9-17-35(31)38)29-13-5-4-11-26(29)27-19-18-23(22-32(27)36)24-20-21-33(37)28-12-3-2-10-25(24)28/h1-22,38H. The van der Waals surface area contributed by atoms with Crippen molar-refractivity contribution >= 4 is 37.0 Å². The minimum absolute atomic E-state index is 0.404. The zero-order valence-corrected chi connectivity index (χ0v) is 23.0. The van der Waals surface area contributed by atoms with Gasteiger partial charge in [-0.3, -0.25) is 0 Å². The van der Waals surface area contributed by atoms with Crippen molar-refractivity contribution in [3.05, 3.63) is 154 Å². The molecule has 8 rings (SSSR count). The number of hydrogen-bond acceptors (Lipinski definition) is 0. The van der Waals surface area contributed by atoms with Gasteiger partial charge in [0.15, 0.2) is 0 Å². The van der Waals surface area contributed by atoms with Crippen LogP contribution in [-0.2, 0) is 5.41 Å². The molecule has 0 unspecified atom stereocenters. The van der Waals surface area contributed by atoms with E-state index in [1.54, 1.807) is 0 Å². The van der Waals surface area contributed by atoms with Gasteiger partial charge in [0.25, 0.3) is 0 Å². The Morgan fingerprint density at radius 2 is 1.05 bits per heavy atom. The summed E-state index contributed by atoms with van der Waals surface area (Å²) in [5.41, 5.74) is 17.0. The van der Waals surface area contributed by atoms with Gasteiger partial charge in [0.05, 0.1) is 5.41 Å². The van der Waals surface area contributed by atoms with Gasteiger partial charge in [0.1, 0.15) is 0 Å². The Morgan fingerprint density at radius 1 is 0.500 bits per heavy atom. The molecule has 6 aromatic carbocycles. The second-order valence-electron chi connectivity index (χ2n) is 10.1. The molecule has 0 saturated carbocycles. The molecule has 1 aliphatic heterocycles. The average molecular weight is 568 g/mol. The third-order valence-electron chi connectivity index (χ3n) is 8.36. The van der Waals surface area contributed by atoms with Crippen LogP contribution in [0.2, 0.25) is 0 Å². The molecule has 0 bridgehead atoms. The van der Waals surface area contributed by atoms with Crippen molar-refractivity contribution in [3.63, 3.8) is 0 Å². The van der Waals surface area contributed by atoms with Gasteiger partial charge in [-0.15, -0.1) is 16.0 Å². The van der Waals surface area contributed by atoms with Crippen molar-refractivity contribution in [2.75, 3.05) is 0 Å². The Kier molecular flexibility index (Phi) is 4.73. The fourth-order valence-electron chi connectivity index (χ4n) is 6.82. The van der Waals surface area contributed by atoms with Gasteiger partial charge < -0.3 is 0 Å². The Bertz CT molecular complexity index is 1970. The van der Waals surface area contributed by atoms with Gasteiger partial charge in [-0.05, 0) is 79.5 Å². The summed E-state index contributed by atoms with van der Waals surface area (Å²) in [6, 6.07) is 46.8. The Hall–Kier alpha value is -3.81. The maximum absolute atomic E-state index is 7.01. The van der Waals surface area contributed by atoms with Gasteiger partial charge in [-0.2, -0.15) is 0 Å². The van der Waals surface area contributed by atoms with Gasteiger partial charge in [0.2, 0.25) is 0 Å². The van der Waals surface area contributed by atoms with Gasteiger partial charge >= 0.3 is 0 Å². The number of halogens is 1. The summed E-state index contributed by atoms with van der Waals surface area (Å²) in [5, 5.41) is 2.48. The summed E-state index contributed by atoms with van der Waals surface area (Å²) in [4.78, 5) is 2.53. The topological polar surface area (TPSA) is 0 Å². The number of fused-ring (bicyclic) bond motifs is 10. The predicted octanol–water partition coefficient (Wildman–Crippen LogP) is 9.95. The van der Waals surface area contributed by atoms with Crippen LogP contribution in [-0.4, -0.2) is 0 Å². The largest absolute Gasteiger partial charge is 0.149 e. The first kappa shape index (κ1) is 22.2. The van der Waals surface area contributed by atoms with Gasteiger partial charge in [0, 0.05) is 14.3 Å². The maximum atomic E-state index is 7.01. The average Bonchev–Trinajstić information content (AvgIpc) is 3.27. The number of rotatable bonds is 1. The van der Waals surface area contributed by atoms with Gasteiger partial charge in [-0.25, -0.2) is 0 Å². The molecule has 38 heavy (non-hydrogen) atoms. The lowest BCUT2D eigenvalue weighted by atomic mass is 9.67. The first-order chi connectivity index (χ1) is 18.7. The molecule has 0 amide bonds. The van der Waals surface area contributed by atoms with Crippen LogP contribution < -0.4 is 0 Å². The fourth-order valence-corrected chi connectivity index (χ4v) is 9.05. The fraction of sp³-hybridized carbons (Fsp3) is 0.0278. The van der Waals surface area contributed by atoms with Crippen molar-refractivity contribution in [1.29, 1.82) is 0 Å². The van der Waals surface area contributed by atoms with Crippen LogP contribution in [0, 0.1) is 5.69 Å². The van der Waals surface area contributed by atoms with Crippen molar-refractivity contribution in [1.82, 2.24) is 0 Å². The molecular weight excluding hydrogens is 544 g/mol. The molecule has 0 atom stereocenters. The Balaban J connectivity index is 1.52. The molecule has 1 aliphatic carbocycles. The van der Waals surface area contributed by atoms with E-state index in [4.69, 9.17) is 5.69 Å². The van der Waals surface area contributed by atoms with Crippen LogP contribution in [0.15, 0.2) is 142 Å². The lowest BCUT2D eigenvalue weighted by Gasteiger charge is -2.41. The minimum Gasteiger partial charge on any atom is -0.149 e. The highest BCUT2D eigenvalue weighted by atomic mass is 79.9. The molecular formula is C36H23BrS. The molecule has 0 fully saturated rings. The molecule has 6 aromatic rings. The third-order valence-corrected chi connectivity index (χ3v) is 10.9. The quantitative estimate of drug-likeness (QED) is 0.188. The molecule has 0 N–H and O–H groups in total. The van der Waals surface area contributed by atoms with Crippen molar-refractivity contribution in [3.8, 4) is 27.9 Å². The molecule has 0 nitrogen and oxygen atoms in total. The second kappa shape index (κ2) is 8.09. The van der Waals surface area contributed by atoms with E-state index in [-0.39, 0.29) is 0 Å². The first-order valence-electron chi connectivity index (χ1n) is 12.9. The van der Waals surface area contributed by atoms with E-state index in [1.165, 1.54) is 65.1 Å². The third kappa shape index (κ3) is 2.78. The molecule has 0 aromatic heterocycles. The van der Waals surface area contributed by atoms with Crippen LogP contribution in [0.25, 0.3) is 33.0 Å². The molecule has 0 saturated heterocycles. The summed E-state index contributed by atoms with van der Waals surface area (Å²) in [5.74, 6) is 0. The summed E-state index contributed by atoms with van der Waals surface area (Å²) in [6.07, 6.45) is 0. The molecule has 2 aliphatic rings. The van der Waals surface area contributed by atoms with Gasteiger partial charge in [-0.1, -0.05) is 119 Å². The molecule has 0 radical (unpaired) electrons. The monoisotopic (exact) mass is 566 g/mol. The highest BCUT2D eigenvalue weighted by Crippen LogP contribution is 2.63. The van der Waals surface area contributed by atoms with Crippen molar-refractivity contribution in [2.24, 2.45) is 0 Å². The summed E-state index contributed by atoms with van der Waals surface area (Å²) in [7, 11) is -0.928. The first-order valence-corrected chi connectivity index (χ1v) is 15.1. The number of hydrogen-bond donors (Lipinski definition) is 1. The zero-order valence-electron chi connectivity index (χ0n) is 20.5. The van der Waals surface area contributed by atoms with E-state index in [9.17, 15) is 0 Å². The summed E-state index contributed by atoms with van der Waals surface area (Å²) in [6.45, 7) is 0. The van der Waals surface area contributed by atoms with Crippen LogP contribution >= 0.6 is 26.2 Å². The second-order valence-corrected chi connectivity index (χ2v) is 12.7. The molecule has 180 valence electrons. The lowest BCUT2D eigenvalue weighted by Crippen LogP contribution is -2.32. The zero-order chi connectivity index (χ0) is 25.4. The van der Waals surface area contributed by atoms with E-state index in [0.717, 1.165) is 4.47 Å². The van der Waals surface area contributed by atoms with E-state index in [0.29, 0.717) is 0 Å². The number of thiol groups is 1. The maximum Gasteiger partial charge on any atom is 0.0734 e. The van der Waals surface area contributed by atoms with E-state index in [1.807, 2.05) is 0 Å². The molecule has 2 heteroatoms. The lowest BCUT2D eigenvalue weighted by molar-refractivity contribution is 0.722.